The maximum Gasteiger partial charge on any atom is 0.0543 e. The van der Waals surface area contributed by atoms with Crippen molar-refractivity contribution >= 4 is 0 Å². The maximum absolute atomic E-state index is 9.67. The van der Waals surface area contributed by atoms with Crippen LogP contribution in [0.15, 0.2) is 24.3 Å². The van der Waals surface area contributed by atoms with Gasteiger partial charge in [-0.25, -0.2) is 0 Å². The van der Waals surface area contributed by atoms with Crippen molar-refractivity contribution in [2.45, 2.75) is 58.6 Å². The van der Waals surface area contributed by atoms with E-state index in [2.05, 4.69) is 43.4 Å². The Kier molecular flexibility index (Phi) is 6.06. The molecular formula is C18H29NO. The van der Waals surface area contributed by atoms with Gasteiger partial charge in [-0.1, -0.05) is 44.5 Å². The first-order chi connectivity index (χ1) is 9.63. The number of aliphatic hydroxyl groups excluding tert-OH is 1. The molecule has 1 aliphatic carbocycles. The maximum atomic E-state index is 9.67. The fourth-order valence-corrected chi connectivity index (χ4v) is 3.13. The van der Waals surface area contributed by atoms with Gasteiger partial charge in [0.1, 0.15) is 0 Å². The van der Waals surface area contributed by atoms with Gasteiger partial charge in [0.05, 0.1) is 6.10 Å². The molecule has 112 valence electrons. The van der Waals surface area contributed by atoms with Gasteiger partial charge in [-0.3, -0.25) is 0 Å². The topological polar surface area (TPSA) is 32.3 Å². The van der Waals surface area contributed by atoms with E-state index in [1.807, 2.05) is 0 Å². The molecule has 1 aliphatic rings. The van der Waals surface area contributed by atoms with Gasteiger partial charge in [0, 0.05) is 6.54 Å². The van der Waals surface area contributed by atoms with Crippen LogP contribution in [0, 0.1) is 11.8 Å². The van der Waals surface area contributed by atoms with Crippen LogP contribution in [0.25, 0.3) is 0 Å². The van der Waals surface area contributed by atoms with Crippen molar-refractivity contribution in [2.24, 2.45) is 11.8 Å². The minimum Gasteiger partial charge on any atom is -0.393 e. The molecule has 0 saturated heterocycles. The summed E-state index contributed by atoms with van der Waals surface area (Å²) in [4.78, 5) is 0. The van der Waals surface area contributed by atoms with Gasteiger partial charge in [0.25, 0.3) is 0 Å². The van der Waals surface area contributed by atoms with Crippen molar-refractivity contribution in [1.82, 2.24) is 5.32 Å². The molecule has 20 heavy (non-hydrogen) atoms. The van der Waals surface area contributed by atoms with E-state index in [9.17, 15) is 5.11 Å². The normalized spacial score (nSPS) is 23.2. The standard InChI is InChI=1S/C18H29NO/c1-14(2)10-15-6-8-16(9-7-15)12-19-13-17-4-3-5-18(20)11-17/h6-9,14,17-20H,3-5,10-13H2,1-2H3. The van der Waals surface area contributed by atoms with Gasteiger partial charge < -0.3 is 10.4 Å². The highest BCUT2D eigenvalue weighted by atomic mass is 16.3. The van der Waals surface area contributed by atoms with Gasteiger partial charge in [-0.05, 0) is 55.2 Å². The van der Waals surface area contributed by atoms with Gasteiger partial charge >= 0.3 is 0 Å². The molecule has 0 radical (unpaired) electrons. The summed E-state index contributed by atoms with van der Waals surface area (Å²) in [6, 6.07) is 8.98. The minimum absolute atomic E-state index is 0.0640. The lowest BCUT2D eigenvalue weighted by molar-refractivity contribution is 0.101. The van der Waals surface area contributed by atoms with Gasteiger partial charge in [-0.15, -0.1) is 0 Å². The van der Waals surface area contributed by atoms with Crippen molar-refractivity contribution in [3.8, 4) is 0 Å². The second-order valence-corrected chi connectivity index (χ2v) is 6.73. The highest BCUT2D eigenvalue weighted by molar-refractivity contribution is 5.22. The number of benzene rings is 1. The fraction of sp³-hybridized carbons (Fsp3) is 0.667. The first-order valence-electron chi connectivity index (χ1n) is 8.10. The molecule has 1 aromatic carbocycles. The number of hydrogen-bond donors (Lipinski definition) is 2. The summed E-state index contributed by atoms with van der Waals surface area (Å²) < 4.78 is 0. The SMILES string of the molecule is CC(C)Cc1ccc(CNCC2CCCC(O)C2)cc1. The van der Waals surface area contributed by atoms with Crippen molar-refractivity contribution in [1.29, 1.82) is 0 Å². The zero-order valence-electron chi connectivity index (χ0n) is 12.9. The Labute approximate surface area is 123 Å². The highest BCUT2D eigenvalue weighted by Gasteiger charge is 2.19. The lowest BCUT2D eigenvalue weighted by Gasteiger charge is -2.26. The third-order valence-corrected chi connectivity index (χ3v) is 4.18. The third kappa shape index (κ3) is 5.26. The molecule has 1 saturated carbocycles. The smallest absolute Gasteiger partial charge is 0.0543 e. The monoisotopic (exact) mass is 275 g/mol. The van der Waals surface area contributed by atoms with Crippen molar-refractivity contribution in [3.05, 3.63) is 35.4 Å². The predicted octanol–water partition coefficient (Wildman–Crippen LogP) is 3.53. The average molecular weight is 275 g/mol. The molecule has 0 spiro atoms. The molecule has 0 aromatic heterocycles. The van der Waals surface area contributed by atoms with E-state index in [0.717, 1.165) is 38.3 Å². The zero-order chi connectivity index (χ0) is 14.4. The summed E-state index contributed by atoms with van der Waals surface area (Å²) in [7, 11) is 0. The number of nitrogens with one attached hydrogen (secondary N) is 1. The summed E-state index contributed by atoms with van der Waals surface area (Å²) in [6.45, 7) is 6.49. The van der Waals surface area contributed by atoms with Gasteiger partial charge in [0.15, 0.2) is 0 Å². The third-order valence-electron chi connectivity index (χ3n) is 4.18. The Morgan fingerprint density at radius 3 is 2.50 bits per heavy atom. The average Bonchev–Trinajstić information content (AvgIpc) is 2.40. The minimum atomic E-state index is -0.0640. The largest absolute Gasteiger partial charge is 0.393 e. The second-order valence-electron chi connectivity index (χ2n) is 6.73. The molecule has 2 nitrogen and oxygen atoms in total. The molecule has 2 atom stereocenters. The van der Waals surface area contributed by atoms with Crippen LogP contribution in [0.3, 0.4) is 0 Å². The molecule has 1 aromatic rings. The van der Waals surface area contributed by atoms with Crippen LogP contribution in [-0.2, 0) is 13.0 Å². The van der Waals surface area contributed by atoms with E-state index in [-0.39, 0.29) is 6.10 Å². The summed E-state index contributed by atoms with van der Waals surface area (Å²) >= 11 is 0. The second kappa shape index (κ2) is 7.80. The Morgan fingerprint density at radius 1 is 1.15 bits per heavy atom. The number of aliphatic hydroxyl groups is 1. The molecule has 2 N–H and O–H groups in total. The highest BCUT2D eigenvalue weighted by Crippen LogP contribution is 2.23. The lowest BCUT2D eigenvalue weighted by Crippen LogP contribution is -2.28. The fourth-order valence-electron chi connectivity index (χ4n) is 3.13. The van der Waals surface area contributed by atoms with Crippen molar-refractivity contribution < 1.29 is 5.11 Å². The molecule has 0 aliphatic heterocycles. The zero-order valence-corrected chi connectivity index (χ0v) is 12.9. The van der Waals surface area contributed by atoms with Crippen LogP contribution in [0.4, 0.5) is 0 Å². The van der Waals surface area contributed by atoms with Crippen LogP contribution in [-0.4, -0.2) is 17.8 Å². The molecule has 0 heterocycles. The predicted molar refractivity (Wildman–Crippen MR) is 84.7 cm³/mol. The van der Waals surface area contributed by atoms with Crippen LogP contribution in [0.5, 0.6) is 0 Å². The van der Waals surface area contributed by atoms with E-state index in [1.54, 1.807) is 0 Å². The van der Waals surface area contributed by atoms with E-state index in [4.69, 9.17) is 0 Å². The molecule has 2 heteroatoms. The van der Waals surface area contributed by atoms with E-state index in [1.165, 1.54) is 24.0 Å². The van der Waals surface area contributed by atoms with Crippen LogP contribution >= 0.6 is 0 Å². The quantitative estimate of drug-likeness (QED) is 0.832. The first-order valence-corrected chi connectivity index (χ1v) is 8.10. The number of rotatable bonds is 6. The van der Waals surface area contributed by atoms with E-state index in [0.29, 0.717) is 5.92 Å². The van der Waals surface area contributed by atoms with E-state index >= 15 is 0 Å². The van der Waals surface area contributed by atoms with Gasteiger partial charge in [0.2, 0.25) is 0 Å². The van der Waals surface area contributed by atoms with Crippen LogP contribution in [0.2, 0.25) is 0 Å². The Hall–Kier alpha value is -0.860. The van der Waals surface area contributed by atoms with Gasteiger partial charge in [-0.2, -0.15) is 0 Å². The molecule has 2 unspecified atom stereocenters. The molecule has 0 bridgehead atoms. The Balaban J connectivity index is 1.71. The van der Waals surface area contributed by atoms with Crippen molar-refractivity contribution in [2.75, 3.05) is 6.54 Å². The Morgan fingerprint density at radius 2 is 1.85 bits per heavy atom. The molecule has 1 fully saturated rings. The van der Waals surface area contributed by atoms with Crippen LogP contribution in [0.1, 0.15) is 50.7 Å². The van der Waals surface area contributed by atoms with Crippen LogP contribution < -0.4 is 5.32 Å². The molecular weight excluding hydrogens is 246 g/mol. The molecule has 0 amide bonds. The summed E-state index contributed by atoms with van der Waals surface area (Å²) in [5, 5.41) is 13.2. The Bertz CT molecular complexity index is 385. The van der Waals surface area contributed by atoms with Crippen molar-refractivity contribution in [3.63, 3.8) is 0 Å². The summed E-state index contributed by atoms with van der Waals surface area (Å²) in [5.74, 6) is 1.37. The molecule has 2 rings (SSSR count). The number of hydrogen-bond acceptors (Lipinski definition) is 2. The lowest BCUT2D eigenvalue weighted by atomic mass is 9.87. The first kappa shape index (κ1) is 15.5. The summed E-state index contributed by atoms with van der Waals surface area (Å²) in [6.07, 6.45) is 5.50. The summed E-state index contributed by atoms with van der Waals surface area (Å²) in [5.41, 5.74) is 2.79. The van der Waals surface area contributed by atoms with E-state index < -0.39 is 0 Å².